The predicted octanol–water partition coefficient (Wildman–Crippen LogP) is 5.19. The van der Waals surface area contributed by atoms with E-state index in [2.05, 4.69) is 15.3 Å². The lowest BCUT2D eigenvalue weighted by Gasteiger charge is -2.15. The fourth-order valence-electron chi connectivity index (χ4n) is 2.32. The maximum atomic E-state index is 12.8. The smallest absolute Gasteiger partial charge is 0.375 e. The molecular formula is C16H14F3N3S. The summed E-state index contributed by atoms with van der Waals surface area (Å²) in [7, 11) is 0. The Kier molecular flexibility index (Phi) is 3.97. The van der Waals surface area contributed by atoms with Crippen molar-refractivity contribution in [3.8, 4) is 0 Å². The highest BCUT2D eigenvalue weighted by atomic mass is 32.1. The van der Waals surface area contributed by atoms with E-state index in [-0.39, 0.29) is 6.04 Å². The molecule has 0 amide bonds. The van der Waals surface area contributed by atoms with Crippen molar-refractivity contribution in [1.29, 1.82) is 0 Å². The molecule has 0 aliphatic heterocycles. The average molecular weight is 337 g/mol. The molecule has 1 atom stereocenters. The molecule has 1 unspecified atom stereocenters. The van der Waals surface area contributed by atoms with Crippen LogP contribution >= 0.6 is 11.3 Å². The molecule has 0 aliphatic rings. The number of aryl methyl sites for hydroxylation is 1. The van der Waals surface area contributed by atoms with Crippen molar-refractivity contribution < 1.29 is 13.2 Å². The summed E-state index contributed by atoms with van der Waals surface area (Å²) in [5, 5.41) is 6.85. The number of halogens is 3. The van der Waals surface area contributed by atoms with Gasteiger partial charge in [0.05, 0.1) is 17.1 Å². The lowest BCUT2D eigenvalue weighted by Crippen LogP contribution is -2.08. The van der Waals surface area contributed by atoms with E-state index in [4.69, 9.17) is 0 Å². The Bertz CT molecular complexity index is 842. The van der Waals surface area contributed by atoms with Crippen molar-refractivity contribution >= 4 is 27.9 Å². The highest BCUT2D eigenvalue weighted by Gasteiger charge is 2.30. The van der Waals surface area contributed by atoms with Gasteiger partial charge in [-0.3, -0.25) is 4.98 Å². The van der Waals surface area contributed by atoms with E-state index in [0.29, 0.717) is 10.9 Å². The van der Waals surface area contributed by atoms with Gasteiger partial charge in [-0.1, -0.05) is 6.07 Å². The van der Waals surface area contributed by atoms with Crippen molar-refractivity contribution in [3.05, 3.63) is 52.1 Å². The summed E-state index contributed by atoms with van der Waals surface area (Å²) in [6.07, 6.45) is -2.87. The number of aromatic nitrogens is 2. The number of anilines is 1. The van der Waals surface area contributed by atoms with Crippen LogP contribution in [-0.4, -0.2) is 9.97 Å². The predicted molar refractivity (Wildman–Crippen MR) is 85.6 cm³/mol. The van der Waals surface area contributed by atoms with Crippen LogP contribution in [0.5, 0.6) is 0 Å². The molecule has 1 N–H and O–H groups in total. The minimum atomic E-state index is -4.37. The third-order valence-corrected chi connectivity index (χ3v) is 4.59. The van der Waals surface area contributed by atoms with Gasteiger partial charge >= 0.3 is 6.18 Å². The quantitative estimate of drug-likeness (QED) is 0.714. The number of hydrogen-bond donors (Lipinski definition) is 1. The second-order valence-corrected chi connectivity index (χ2v) is 6.17. The van der Waals surface area contributed by atoms with Crippen molar-refractivity contribution in [2.75, 3.05) is 5.32 Å². The highest BCUT2D eigenvalue weighted by Crippen LogP contribution is 2.33. The monoisotopic (exact) mass is 337 g/mol. The Morgan fingerprint density at radius 1 is 1.22 bits per heavy atom. The van der Waals surface area contributed by atoms with Crippen LogP contribution in [0.4, 0.5) is 18.9 Å². The molecule has 120 valence electrons. The van der Waals surface area contributed by atoms with Crippen LogP contribution in [0.15, 0.2) is 35.8 Å². The number of thiazole rings is 1. The van der Waals surface area contributed by atoms with Crippen molar-refractivity contribution in [2.24, 2.45) is 0 Å². The van der Waals surface area contributed by atoms with Gasteiger partial charge in [0.25, 0.3) is 0 Å². The SMILES string of the molecule is Cc1csc(C(C)Nc2ccnc3cc(C(F)(F)F)ccc23)n1. The fourth-order valence-corrected chi connectivity index (χ4v) is 3.12. The summed E-state index contributed by atoms with van der Waals surface area (Å²) in [5.74, 6) is 0. The minimum Gasteiger partial charge on any atom is -0.375 e. The Labute approximate surface area is 135 Å². The van der Waals surface area contributed by atoms with E-state index in [1.165, 1.54) is 12.3 Å². The molecule has 0 saturated heterocycles. The van der Waals surface area contributed by atoms with Crippen molar-refractivity contribution in [3.63, 3.8) is 0 Å². The summed E-state index contributed by atoms with van der Waals surface area (Å²) in [4.78, 5) is 8.47. The maximum absolute atomic E-state index is 12.8. The molecule has 3 aromatic rings. The molecule has 1 aromatic carbocycles. The van der Waals surface area contributed by atoms with Crippen LogP contribution in [-0.2, 0) is 6.18 Å². The number of pyridine rings is 1. The summed E-state index contributed by atoms with van der Waals surface area (Å²) in [6, 6.07) is 5.31. The molecule has 0 bridgehead atoms. The van der Waals surface area contributed by atoms with E-state index in [0.717, 1.165) is 28.5 Å². The van der Waals surface area contributed by atoms with Crippen LogP contribution < -0.4 is 5.32 Å². The number of nitrogens with one attached hydrogen (secondary N) is 1. The van der Waals surface area contributed by atoms with Crippen LogP contribution in [0.3, 0.4) is 0 Å². The second kappa shape index (κ2) is 5.81. The van der Waals surface area contributed by atoms with Gasteiger partial charge in [0.15, 0.2) is 0 Å². The van der Waals surface area contributed by atoms with Gasteiger partial charge in [-0.15, -0.1) is 11.3 Å². The first kappa shape index (κ1) is 15.7. The molecule has 2 heterocycles. The number of rotatable bonds is 3. The van der Waals surface area contributed by atoms with E-state index in [1.807, 2.05) is 19.2 Å². The first-order chi connectivity index (χ1) is 10.8. The first-order valence-electron chi connectivity index (χ1n) is 6.99. The number of benzene rings is 1. The van der Waals surface area contributed by atoms with E-state index >= 15 is 0 Å². The van der Waals surface area contributed by atoms with Gasteiger partial charge in [0, 0.05) is 28.3 Å². The maximum Gasteiger partial charge on any atom is 0.416 e. The molecule has 0 fully saturated rings. The Hall–Kier alpha value is -2.15. The molecule has 7 heteroatoms. The molecule has 0 aliphatic carbocycles. The molecule has 0 saturated carbocycles. The second-order valence-electron chi connectivity index (χ2n) is 5.28. The Morgan fingerprint density at radius 2 is 2.00 bits per heavy atom. The molecule has 3 nitrogen and oxygen atoms in total. The van der Waals surface area contributed by atoms with Gasteiger partial charge in [-0.25, -0.2) is 4.98 Å². The van der Waals surface area contributed by atoms with E-state index < -0.39 is 11.7 Å². The minimum absolute atomic E-state index is 0.0402. The van der Waals surface area contributed by atoms with Crippen LogP contribution in [0.2, 0.25) is 0 Å². The number of alkyl halides is 3. The molecule has 0 spiro atoms. The molecular weight excluding hydrogens is 323 g/mol. The molecule has 0 radical (unpaired) electrons. The standard InChI is InChI=1S/C16H14F3N3S/c1-9-8-23-15(21-9)10(2)22-13-5-6-20-14-7-11(16(17,18)19)3-4-12(13)14/h3-8,10H,1-2H3,(H,20,22). The number of hydrogen-bond acceptors (Lipinski definition) is 4. The third kappa shape index (κ3) is 3.29. The van der Waals surface area contributed by atoms with Gasteiger partial charge in [-0.05, 0) is 32.0 Å². The van der Waals surface area contributed by atoms with E-state index in [9.17, 15) is 13.2 Å². The number of fused-ring (bicyclic) bond motifs is 1. The lowest BCUT2D eigenvalue weighted by molar-refractivity contribution is -0.137. The molecule has 23 heavy (non-hydrogen) atoms. The highest BCUT2D eigenvalue weighted by molar-refractivity contribution is 7.09. The zero-order valence-electron chi connectivity index (χ0n) is 12.5. The average Bonchev–Trinajstić information content (AvgIpc) is 2.93. The van der Waals surface area contributed by atoms with Gasteiger partial charge in [0.1, 0.15) is 5.01 Å². The van der Waals surface area contributed by atoms with Crippen LogP contribution in [0, 0.1) is 6.92 Å². The topological polar surface area (TPSA) is 37.8 Å². The summed E-state index contributed by atoms with van der Waals surface area (Å²) in [5.41, 5.74) is 1.31. The third-order valence-electron chi connectivity index (χ3n) is 3.45. The van der Waals surface area contributed by atoms with E-state index in [1.54, 1.807) is 17.4 Å². The zero-order valence-corrected chi connectivity index (χ0v) is 13.3. The first-order valence-corrected chi connectivity index (χ1v) is 7.87. The van der Waals surface area contributed by atoms with Gasteiger partial charge < -0.3 is 5.32 Å². The van der Waals surface area contributed by atoms with Crippen molar-refractivity contribution in [2.45, 2.75) is 26.1 Å². The summed E-state index contributed by atoms with van der Waals surface area (Å²) >= 11 is 1.55. The largest absolute Gasteiger partial charge is 0.416 e. The summed E-state index contributed by atoms with van der Waals surface area (Å²) < 4.78 is 38.4. The Morgan fingerprint density at radius 3 is 2.65 bits per heavy atom. The van der Waals surface area contributed by atoms with Gasteiger partial charge in [-0.2, -0.15) is 13.2 Å². The normalized spacial score (nSPS) is 13.3. The number of nitrogens with zero attached hydrogens (tertiary/aromatic N) is 2. The van der Waals surface area contributed by atoms with Gasteiger partial charge in [0.2, 0.25) is 0 Å². The lowest BCUT2D eigenvalue weighted by atomic mass is 10.1. The fraction of sp³-hybridized carbons (Fsp3) is 0.250. The zero-order chi connectivity index (χ0) is 16.6. The van der Waals surface area contributed by atoms with Crippen molar-refractivity contribution in [1.82, 2.24) is 9.97 Å². The van der Waals surface area contributed by atoms with Crippen LogP contribution in [0.25, 0.3) is 10.9 Å². The molecule has 2 aromatic heterocycles. The molecule has 3 rings (SSSR count). The summed E-state index contributed by atoms with van der Waals surface area (Å²) in [6.45, 7) is 3.89. The van der Waals surface area contributed by atoms with Crippen LogP contribution in [0.1, 0.15) is 29.2 Å². The Balaban J connectivity index is 1.95.